The van der Waals surface area contributed by atoms with E-state index in [-0.39, 0.29) is 6.09 Å². The fourth-order valence-electron chi connectivity index (χ4n) is 1.31. The van der Waals surface area contributed by atoms with Crippen molar-refractivity contribution < 1.29 is 9.53 Å². The third-order valence-corrected chi connectivity index (χ3v) is 2.06. The minimum Gasteiger partial charge on any atom is -0.443 e. The van der Waals surface area contributed by atoms with Crippen LogP contribution in [0, 0.1) is 0 Å². The van der Waals surface area contributed by atoms with Gasteiger partial charge < -0.3 is 9.64 Å². The van der Waals surface area contributed by atoms with Gasteiger partial charge in [0, 0.05) is 19.4 Å². The molecule has 0 saturated carbocycles. The van der Waals surface area contributed by atoms with Crippen LogP contribution in [0.4, 0.5) is 16.2 Å². The van der Waals surface area contributed by atoms with Crippen molar-refractivity contribution in [2.45, 2.75) is 26.4 Å². The molecule has 2 rings (SSSR count). The fraction of sp³-hybridized carbons (Fsp3) is 0.500. The summed E-state index contributed by atoms with van der Waals surface area (Å²) < 4.78 is 6.69. The molecule has 0 aromatic carbocycles. The molecule has 0 saturated heterocycles. The minimum atomic E-state index is -0.438. The highest BCUT2D eigenvalue weighted by atomic mass is 16.6. The minimum absolute atomic E-state index is 0.321. The van der Waals surface area contributed by atoms with Crippen LogP contribution in [0.5, 0.6) is 0 Å². The number of fused-ring (bicyclic) bond motifs is 1. The first-order valence-electron chi connectivity index (χ1n) is 4.57. The topological polar surface area (TPSA) is 34.2 Å². The molecule has 1 aromatic rings. The van der Waals surface area contributed by atoms with Crippen molar-refractivity contribution in [3.63, 3.8) is 0 Å². The molecule has 4 heteroatoms. The molecule has 1 aliphatic rings. The van der Waals surface area contributed by atoms with Gasteiger partial charge in [0.2, 0.25) is 0 Å². The molecule has 2 heterocycles. The molecular weight excluding hydrogens is 180 g/mol. The highest BCUT2D eigenvalue weighted by Gasteiger charge is 2.30. The molecule has 1 aliphatic heterocycles. The zero-order valence-electron chi connectivity index (χ0n) is 8.87. The summed E-state index contributed by atoms with van der Waals surface area (Å²) >= 11 is 0. The molecule has 0 spiro atoms. The predicted octanol–water partition coefficient (Wildman–Crippen LogP) is 2.35. The van der Waals surface area contributed by atoms with Gasteiger partial charge in [0.25, 0.3) is 0 Å². The molecule has 4 nitrogen and oxygen atoms in total. The first-order valence-corrected chi connectivity index (χ1v) is 4.57. The van der Waals surface area contributed by atoms with Gasteiger partial charge in [0.1, 0.15) is 5.60 Å². The van der Waals surface area contributed by atoms with Gasteiger partial charge in [-0.15, -0.1) is 0 Å². The van der Waals surface area contributed by atoms with Crippen LogP contribution in [0.3, 0.4) is 0 Å². The van der Waals surface area contributed by atoms with Gasteiger partial charge in [-0.05, 0) is 20.8 Å². The number of hydrogen-bond donors (Lipinski definition) is 0. The molecule has 0 bridgehead atoms. The van der Waals surface area contributed by atoms with E-state index in [0.29, 0.717) is 0 Å². The van der Waals surface area contributed by atoms with E-state index in [0.717, 1.165) is 11.4 Å². The number of hydrogen-bond acceptors (Lipinski definition) is 3. The van der Waals surface area contributed by atoms with Crippen molar-refractivity contribution in [2.24, 2.45) is 0 Å². The van der Waals surface area contributed by atoms with Gasteiger partial charge in [-0.2, -0.15) is 0 Å². The second kappa shape index (κ2) is 2.53. The van der Waals surface area contributed by atoms with E-state index in [1.54, 1.807) is 12.4 Å². The lowest BCUT2D eigenvalue weighted by molar-refractivity contribution is 0.0537. The van der Waals surface area contributed by atoms with E-state index in [1.165, 1.54) is 4.57 Å². The Morgan fingerprint density at radius 2 is 1.79 bits per heavy atom. The Bertz CT molecular complexity index is 366. The lowest BCUT2D eigenvalue weighted by Crippen LogP contribution is -2.26. The average molecular weight is 194 g/mol. The van der Waals surface area contributed by atoms with Crippen LogP contribution in [0.1, 0.15) is 20.8 Å². The SMILES string of the molecule is CN1c2cn(C(=O)OC(C)(C)C)cc21. The summed E-state index contributed by atoms with van der Waals surface area (Å²) in [5.41, 5.74) is 1.75. The van der Waals surface area contributed by atoms with Crippen molar-refractivity contribution in [2.75, 3.05) is 11.9 Å². The van der Waals surface area contributed by atoms with Crippen molar-refractivity contribution in [3.05, 3.63) is 12.4 Å². The molecule has 76 valence electrons. The monoisotopic (exact) mass is 194 g/mol. The number of ether oxygens (including phenoxy) is 1. The Kier molecular flexibility index (Phi) is 1.65. The van der Waals surface area contributed by atoms with Gasteiger partial charge in [-0.1, -0.05) is 0 Å². The van der Waals surface area contributed by atoms with Crippen LogP contribution < -0.4 is 4.90 Å². The summed E-state index contributed by atoms with van der Waals surface area (Å²) in [6.45, 7) is 5.57. The molecule has 0 N–H and O–H groups in total. The summed E-state index contributed by atoms with van der Waals surface area (Å²) in [6.07, 6.45) is 3.24. The van der Waals surface area contributed by atoms with Crippen molar-refractivity contribution in [3.8, 4) is 0 Å². The number of carbonyl (C=O) groups excluding carboxylic acids is 1. The normalized spacial score (nSPS) is 13.9. The van der Waals surface area contributed by atoms with Crippen LogP contribution in [0.25, 0.3) is 0 Å². The van der Waals surface area contributed by atoms with Gasteiger partial charge in [-0.3, -0.25) is 4.57 Å². The Balaban J connectivity index is 2.07. The third kappa shape index (κ3) is 1.47. The molecule has 0 aliphatic carbocycles. The Hall–Kier alpha value is -1.45. The fourth-order valence-corrected chi connectivity index (χ4v) is 1.31. The number of anilines is 2. The van der Waals surface area contributed by atoms with Crippen molar-refractivity contribution >= 4 is 17.5 Å². The van der Waals surface area contributed by atoms with Crippen molar-refractivity contribution in [1.29, 1.82) is 0 Å². The zero-order chi connectivity index (χ0) is 10.5. The van der Waals surface area contributed by atoms with E-state index in [9.17, 15) is 4.79 Å². The molecule has 1 aromatic heterocycles. The molecule has 0 atom stereocenters. The van der Waals surface area contributed by atoms with Crippen molar-refractivity contribution in [1.82, 2.24) is 4.57 Å². The highest BCUT2D eigenvalue weighted by molar-refractivity contribution is 5.94. The molecule has 0 amide bonds. The summed E-state index contributed by atoms with van der Waals surface area (Å²) in [7, 11) is 1.96. The summed E-state index contributed by atoms with van der Waals surface area (Å²) in [4.78, 5) is 13.5. The van der Waals surface area contributed by atoms with Crippen LogP contribution >= 0.6 is 0 Å². The molecule has 14 heavy (non-hydrogen) atoms. The summed E-state index contributed by atoms with van der Waals surface area (Å²) in [6, 6.07) is 0. The molecule has 0 radical (unpaired) electrons. The maximum atomic E-state index is 11.5. The van der Waals surface area contributed by atoms with E-state index in [1.807, 2.05) is 32.7 Å². The summed E-state index contributed by atoms with van der Waals surface area (Å²) in [5, 5.41) is 0. The third-order valence-electron chi connectivity index (χ3n) is 2.06. The Morgan fingerprint density at radius 3 is 2.21 bits per heavy atom. The number of aromatic nitrogens is 1. The lowest BCUT2D eigenvalue weighted by atomic mass is 10.2. The van der Waals surface area contributed by atoms with Crippen LogP contribution in [-0.2, 0) is 4.74 Å². The van der Waals surface area contributed by atoms with E-state index >= 15 is 0 Å². The maximum Gasteiger partial charge on any atom is 0.418 e. The van der Waals surface area contributed by atoms with Gasteiger partial charge in [0.15, 0.2) is 0 Å². The Labute approximate surface area is 83.1 Å². The second-order valence-corrected chi connectivity index (χ2v) is 4.48. The number of nitrogens with zero attached hydrogens (tertiary/aromatic N) is 2. The second-order valence-electron chi connectivity index (χ2n) is 4.48. The highest BCUT2D eigenvalue weighted by Crippen LogP contribution is 2.46. The van der Waals surface area contributed by atoms with Gasteiger partial charge in [0.05, 0.1) is 11.4 Å². The van der Waals surface area contributed by atoms with Crippen LogP contribution in [0.15, 0.2) is 12.4 Å². The van der Waals surface area contributed by atoms with E-state index in [2.05, 4.69) is 0 Å². The number of carbonyl (C=O) groups is 1. The molecule has 0 unspecified atom stereocenters. The van der Waals surface area contributed by atoms with Crippen LogP contribution in [0.2, 0.25) is 0 Å². The van der Waals surface area contributed by atoms with E-state index in [4.69, 9.17) is 4.74 Å². The predicted molar refractivity (Wildman–Crippen MR) is 54.1 cm³/mol. The molecular formula is C10H14N2O2. The van der Waals surface area contributed by atoms with Gasteiger partial charge in [-0.25, -0.2) is 4.79 Å². The van der Waals surface area contributed by atoms with Crippen LogP contribution in [-0.4, -0.2) is 23.3 Å². The van der Waals surface area contributed by atoms with E-state index < -0.39 is 5.60 Å². The lowest BCUT2D eigenvalue weighted by Gasteiger charge is -2.19. The standard InChI is InChI=1S/C10H14N2O2/c1-10(2,3)14-9(13)12-5-7-8(6-12)11(7)4/h5-6H,1-4H3. The van der Waals surface area contributed by atoms with Gasteiger partial charge >= 0.3 is 6.09 Å². The first kappa shape index (κ1) is 9.12. The quantitative estimate of drug-likeness (QED) is 0.594. The Morgan fingerprint density at radius 1 is 1.29 bits per heavy atom. The average Bonchev–Trinajstić information content (AvgIpc) is 2.47. The maximum absolute atomic E-state index is 11.5. The first-order chi connectivity index (χ1) is 6.38. The summed E-state index contributed by atoms with van der Waals surface area (Å²) in [5.74, 6) is 0. The zero-order valence-corrected chi connectivity index (χ0v) is 8.87. The largest absolute Gasteiger partial charge is 0.443 e. The smallest absolute Gasteiger partial charge is 0.418 e. The number of rotatable bonds is 0. The molecule has 0 fully saturated rings.